The lowest BCUT2D eigenvalue weighted by molar-refractivity contribution is -0.274. The van der Waals surface area contributed by atoms with Crippen molar-refractivity contribution in [2.45, 2.75) is 32.8 Å². The lowest BCUT2D eigenvalue weighted by atomic mass is 10.0. The third kappa shape index (κ3) is 5.08. The highest BCUT2D eigenvalue weighted by Gasteiger charge is 2.32. The van der Waals surface area contributed by atoms with Crippen molar-refractivity contribution in [3.8, 4) is 5.75 Å². The molecule has 4 nitrogen and oxygen atoms in total. The van der Waals surface area contributed by atoms with Crippen LogP contribution in [0, 0.1) is 5.92 Å². The number of alkyl halides is 3. The molecule has 0 saturated heterocycles. The van der Waals surface area contributed by atoms with Crippen LogP contribution in [0.5, 0.6) is 5.75 Å². The van der Waals surface area contributed by atoms with Gasteiger partial charge in [0.05, 0.1) is 6.04 Å². The number of ether oxygens (including phenoxy) is 1. The molecule has 112 valence electrons. The van der Waals surface area contributed by atoms with E-state index in [0.717, 1.165) is 0 Å². The molecule has 0 heterocycles. The Morgan fingerprint density at radius 2 is 1.95 bits per heavy atom. The second-order valence-electron chi connectivity index (χ2n) is 4.64. The average molecular weight is 290 g/mol. The fourth-order valence-corrected chi connectivity index (χ4v) is 1.48. The van der Waals surface area contributed by atoms with Crippen molar-refractivity contribution >= 4 is 5.91 Å². The maximum Gasteiger partial charge on any atom is 0.573 e. The van der Waals surface area contributed by atoms with Gasteiger partial charge in [-0.25, -0.2) is 0 Å². The summed E-state index contributed by atoms with van der Waals surface area (Å²) in [6, 6.07) is 4.92. The van der Waals surface area contributed by atoms with Gasteiger partial charge in [0.15, 0.2) is 0 Å². The van der Waals surface area contributed by atoms with Gasteiger partial charge in [0.1, 0.15) is 5.75 Å². The molecule has 0 unspecified atom stereocenters. The molecule has 0 bridgehead atoms. The summed E-state index contributed by atoms with van der Waals surface area (Å²) in [4.78, 5) is 11.7. The van der Waals surface area contributed by atoms with Gasteiger partial charge in [-0.05, 0) is 12.0 Å². The molecule has 1 amide bonds. The molecular weight excluding hydrogens is 273 g/mol. The van der Waals surface area contributed by atoms with Crippen LogP contribution in [0.15, 0.2) is 24.3 Å². The Bertz CT molecular complexity index is 461. The molecule has 0 aliphatic carbocycles. The zero-order valence-electron chi connectivity index (χ0n) is 11.2. The first-order chi connectivity index (χ1) is 9.20. The Morgan fingerprint density at radius 1 is 1.35 bits per heavy atom. The Labute approximate surface area is 115 Å². The first-order valence-electron chi connectivity index (χ1n) is 6.07. The molecule has 3 N–H and O–H groups in total. The van der Waals surface area contributed by atoms with Gasteiger partial charge in [0.25, 0.3) is 0 Å². The van der Waals surface area contributed by atoms with Gasteiger partial charge in [-0.2, -0.15) is 0 Å². The van der Waals surface area contributed by atoms with E-state index in [1.807, 2.05) is 0 Å². The number of benzene rings is 1. The van der Waals surface area contributed by atoms with Crippen LogP contribution in [0.1, 0.15) is 19.4 Å². The number of rotatable bonds is 5. The van der Waals surface area contributed by atoms with Gasteiger partial charge in [-0.1, -0.05) is 32.0 Å². The van der Waals surface area contributed by atoms with Crippen molar-refractivity contribution < 1.29 is 22.7 Å². The van der Waals surface area contributed by atoms with Crippen molar-refractivity contribution in [3.63, 3.8) is 0 Å². The summed E-state index contributed by atoms with van der Waals surface area (Å²) in [5.41, 5.74) is 5.87. The number of hydrogen-bond acceptors (Lipinski definition) is 3. The largest absolute Gasteiger partial charge is 0.573 e. The molecular formula is C13H17F3N2O2. The number of halogens is 3. The van der Waals surface area contributed by atoms with Crippen LogP contribution in [-0.4, -0.2) is 18.3 Å². The minimum Gasteiger partial charge on any atom is -0.405 e. The highest BCUT2D eigenvalue weighted by Crippen LogP contribution is 2.26. The predicted octanol–water partition coefficient (Wildman–Crippen LogP) is 2.18. The summed E-state index contributed by atoms with van der Waals surface area (Å²) in [6.07, 6.45) is -4.77. The zero-order valence-corrected chi connectivity index (χ0v) is 11.2. The SMILES string of the molecule is CC(C)[C@@H](N)C(=O)NCc1ccccc1OC(F)(F)F. The van der Waals surface area contributed by atoms with E-state index in [1.165, 1.54) is 18.2 Å². The first-order valence-corrected chi connectivity index (χ1v) is 6.07. The fraction of sp³-hybridized carbons (Fsp3) is 0.462. The Balaban J connectivity index is 2.71. The highest BCUT2D eigenvalue weighted by molar-refractivity contribution is 5.81. The minimum atomic E-state index is -4.77. The normalized spacial score (nSPS) is 13.2. The molecule has 0 radical (unpaired) electrons. The molecule has 0 aromatic heterocycles. The molecule has 0 aliphatic rings. The van der Waals surface area contributed by atoms with Crippen molar-refractivity contribution in [2.24, 2.45) is 11.7 Å². The van der Waals surface area contributed by atoms with Crippen molar-refractivity contribution in [1.82, 2.24) is 5.32 Å². The van der Waals surface area contributed by atoms with E-state index >= 15 is 0 Å². The van der Waals surface area contributed by atoms with E-state index in [2.05, 4.69) is 10.1 Å². The van der Waals surface area contributed by atoms with Crippen LogP contribution >= 0.6 is 0 Å². The number of para-hydroxylation sites is 1. The minimum absolute atomic E-state index is 0.0586. The molecule has 1 atom stereocenters. The Hall–Kier alpha value is -1.76. The predicted molar refractivity (Wildman–Crippen MR) is 67.8 cm³/mol. The van der Waals surface area contributed by atoms with E-state index in [1.54, 1.807) is 19.9 Å². The molecule has 1 rings (SSSR count). The third-order valence-electron chi connectivity index (χ3n) is 2.67. The zero-order chi connectivity index (χ0) is 15.3. The van der Waals surface area contributed by atoms with Gasteiger partial charge in [0.2, 0.25) is 5.91 Å². The van der Waals surface area contributed by atoms with Gasteiger partial charge in [-0.3, -0.25) is 4.79 Å². The molecule has 1 aromatic carbocycles. The molecule has 20 heavy (non-hydrogen) atoms. The van der Waals surface area contributed by atoms with Crippen molar-refractivity contribution in [1.29, 1.82) is 0 Å². The second-order valence-corrected chi connectivity index (χ2v) is 4.64. The van der Waals surface area contributed by atoms with Crippen LogP contribution in [0.2, 0.25) is 0 Å². The summed E-state index contributed by atoms with van der Waals surface area (Å²) in [5, 5.41) is 2.49. The van der Waals surface area contributed by atoms with Crippen molar-refractivity contribution in [2.75, 3.05) is 0 Å². The van der Waals surface area contributed by atoms with E-state index in [9.17, 15) is 18.0 Å². The van der Waals surface area contributed by atoms with Crippen molar-refractivity contribution in [3.05, 3.63) is 29.8 Å². The highest BCUT2D eigenvalue weighted by atomic mass is 19.4. The third-order valence-corrected chi connectivity index (χ3v) is 2.67. The van der Waals surface area contributed by atoms with Gasteiger partial charge >= 0.3 is 6.36 Å². The van der Waals surface area contributed by atoms with Gasteiger partial charge in [0, 0.05) is 12.1 Å². The summed E-state index contributed by atoms with van der Waals surface area (Å²) >= 11 is 0. The standard InChI is InChI=1S/C13H17F3N2O2/c1-8(2)11(17)12(19)18-7-9-5-3-4-6-10(9)20-13(14,15)16/h3-6,8,11H,7,17H2,1-2H3,(H,18,19)/t11-/m1/s1. The summed E-state index contributed by atoms with van der Waals surface area (Å²) in [5.74, 6) is -0.808. The van der Waals surface area contributed by atoms with E-state index in [0.29, 0.717) is 0 Å². The van der Waals surface area contributed by atoms with Crippen LogP contribution in [-0.2, 0) is 11.3 Å². The maximum atomic E-state index is 12.2. The quantitative estimate of drug-likeness (QED) is 0.873. The first kappa shape index (κ1) is 16.3. The number of amides is 1. The van der Waals surface area contributed by atoms with E-state index < -0.39 is 18.3 Å². The number of nitrogens with one attached hydrogen (secondary N) is 1. The number of hydrogen-bond donors (Lipinski definition) is 2. The van der Waals surface area contributed by atoms with Gasteiger partial charge < -0.3 is 15.8 Å². The fourth-order valence-electron chi connectivity index (χ4n) is 1.48. The maximum absolute atomic E-state index is 12.2. The van der Waals surface area contributed by atoms with E-state index in [4.69, 9.17) is 5.73 Å². The van der Waals surface area contributed by atoms with Crippen LogP contribution in [0.4, 0.5) is 13.2 Å². The second kappa shape index (κ2) is 6.60. The van der Waals surface area contributed by atoms with E-state index in [-0.39, 0.29) is 23.8 Å². The lowest BCUT2D eigenvalue weighted by Crippen LogP contribution is -2.43. The summed E-state index contributed by atoms with van der Waals surface area (Å²) in [7, 11) is 0. The molecule has 7 heteroatoms. The van der Waals surface area contributed by atoms with Crippen LogP contribution in [0.3, 0.4) is 0 Å². The molecule has 0 saturated carbocycles. The Morgan fingerprint density at radius 3 is 2.50 bits per heavy atom. The number of carbonyl (C=O) groups is 1. The van der Waals surface area contributed by atoms with Crippen LogP contribution in [0.25, 0.3) is 0 Å². The molecule has 0 aliphatic heterocycles. The number of nitrogens with two attached hydrogens (primary N) is 1. The van der Waals surface area contributed by atoms with Crippen LogP contribution < -0.4 is 15.8 Å². The Kier molecular flexibility index (Phi) is 5.38. The summed E-state index contributed by atoms with van der Waals surface area (Å²) in [6.45, 7) is 3.49. The average Bonchev–Trinajstić information content (AvgIpc) is 2.34. The smallest absolute Gasteiger partial charge is 0.405 e. The van der Waals surface area contributed by atoms with Gasteiger partial charge in [-0.15, -0.1) is 13.2 Å². The summed E-state index contributed by atoms with van der Waals surface area (Å²) < 4.78 is 40.6. The number of carbonyl (C=O) groups excluding carboxylic acids is 1. The monoisotopic (exact) mass is 290 g/mol. The molecule has 0 fully saturated rings. The molecule has 1 aromatic rings. The lowest BCUT2D eigenvalue weighted by Gasteiger charge is -2.17. The topological polar surface area (TPSA) is 64.4 Å². The molecule has 0 spiro atoms.